The van der Waals surface area contributed by atoms with Crippen LogP contribution in [0, 0.1) is 30.3 Å². The molecule has 0 atom stereocenters. The highest BCUT2D eigenvalue weighted by Gasteiger charge is 2.03. The molecule has 12 heavy (non-hydrogen) atoms. The van der Waals surface area contributed by atoms with E-state index in [-0.39, 0.29) is 5.92 Å². The number of aliphatic hydroxyl groups excluding tert-OH is 1. The van der Waals surface area contributed by atoms with Crippen molar-refractivity contribution in [3.8, 4) is 24.4 Å². The highest BCUT2D eigenvalue weighted by molar-refractivity contribution is 5.00. The second-order valence-electron chi connectivity index (χ2n) is 3.11. The van der Waals surface area contributed by atoms with Gasteiger partial charge in [0.2, 0.25) is 0 Å². The maximum absolute atomic E-state index is 8.59. The van der Waals surface area contributed by atoms with Crippen LogP contribution in [0.2, 0.25) is 0 Å². The summed E-state index contributed by atoms with van der Waals surface area (Å²) in [6, 6.07) is 0. The van der Waals surface area contributed by atoms with Gasteiger partial charge >= 0.3 is 0 Å². The van der Waals surface area contributed by atoms with Gasteiger partial charge in [-0.2, -0.15) is 0 Å². The summed E-state index contributed by atoms with van der Waals surface area (Å²) >= 11 is 0. The first-order valence-electron chi connectivity index (χ1n) is 3.68. The Morgan fingerprint density at radius 3 is 1.67 bits per heavy atom. The Bertz CT molecular complexity index is 193. The molecule has 0 aliphatic heterocycles. The van der Waals surface area contributed by atoms with Gasteiger partial charge in [0.1, 0.15) is 11.7 Å². The lowest BCUT2D eigenvalue weighted by molar-refractivity contribution is 0.144. The molecule has 0 amide bonds. The number of hydrogen-bond donors (Lipinski definition) is 2. The topological polar surface area (TPSA) is 40.5 Å². The molecule has 0 spiro atoms. The molecule has 2 nitrogen and oxygen atoms in total. The van der Waals surface area contributed by atoms with E-state index < -0.39 is 5.60 Å². The van der Waals surface area contributed by atoms with Gasteiger partial charge < -0.3 is 10.2 Å². The zero-order chi connectivity index (χ0) is 10.2. The van der Waals surface area contributed by atoms with Crippen molar-refractivity contribution in [2.24, 2.45) is 5.92 Å². The van der Waals surface area contributed by atoms with Gasteiger partial charge in [-0.1, -0.05) is 25.7 Å². The van der Waals surface area contributed by atoms with E-state index in [2.05, 4.69) is 11.8 Å². The van der Waals surface area contributed by atoms with Crippen molar-refractivity contribution in [3.63, 3.8) is 0 Å². The first-order valence-corrected chi connectivity index (χ1v) is 3.68. The Morgan fingerprint density at radius 1 is 1.33 bits per heavy atom. The Labute approximate surface area is 74.6 Å². The normalized spacial score (nSPS) is 8.75. The highest BCUT2D eigenvalue weighted by Crippen LogP contribution is 1.93. The minimum atomic E-state index is -0.931. The zero-order valence-corrected chi connectivity index (χ0v) is 8.05. The van der Waals surface area contributed by atoms with Crippen LogP contribution in [0.4, 0.5) is 0 Å². The van der Waals surface area contributed by atoms with E-state index in [0.717, 1.165) is 0 Å². The largest absolute Gasteiger partial charge is 0.462 e. The summed E-state index contributed by atoms with van der Waals surface area (Å²) in [6.45, 7) is 6.96. The fraction of sp³-hybridized carbons (Fsp3) is 0.600. The van der Waals surface area contributed by atoms with Crippen molar-refractivity contribution in [3.05, 3.63) is 0 Å². The van der Waals surface area contributed by atoms with Gasteiger partial charge in [0.15, 0.2) is 0 Å². The van der Waals surface area contributed by atoms with Crippen molar-refractivity contribution in [1.29, 1.82) is 0 Å². The predicted octanol–water partition coefficient (Wildman–Crippen LogP) is 1.37. The van der Waals surface area contributed by atoms with Crippen LogP contribution < -0.4 is 0 Å². The molecule has 68 valence electrons. The van der Waals surface area contributed by atoms with Gasteiger partial charge in [-0.05, 0) is 13.8 Å². The number of terminal acetylenes is 1. The van der Waals surface area contributed by atoms with Crippen molar-refractivity contribution < 1.29 is 10.2 Å². The molecule has 0 unspecified atom stereocenters. The van der Waals surface area contributed by atoms with Gasteiger partial charge in [-0.3, -0.25) is 0 Å². The van der Waals surface area contributed by atoms with Crippen molar-refractivity contribution >= 4 is 0 Å². The lowest BCUT2D eigenvalue weighted by Crippen LogP contribution is -2.13. The maximum Gasteiger partial charge on any atom is 0.119 e. The molecule has 0 heterocycles. The zero-order valence-electron chi connectivity index (χ0n) is 8.05. The van der Waals surface area contributed by atoms with E-state index in [1.807, 2.05) is 20.0 Å². The molecule has 0 radical (unpaired) electrons. The molecule has 0 aliphatic carbocycles. The number of aliphatic hydroxyl groups is 2. The van der Waals surface area contributed by atoms with E-state index in [1.165, 1.54) is 0 Å². The monoisotopic (exact) mass is 168 g/mol. The predicted molar refractivity (Wildman–Crippen MR) is 49.7 cm³/mol. The van der Waals surface area contributed by atoms with Gasteiger partial charge in [-0.25, -0.2) is 0 Å². The first-order chi connectivity index (χ1) is 5.33. The fourth-order valence-electron chi connectivity index (χ4n) is 0.129. The molecular formula is C10H16O2. The number of hydrogen-bond acceptors (Lipinski definition) is 2. The lowest BCUT2D eigenvalue weighted by atomic mass is 10.2. The molecule has 0 bridgehead atoms. The van der Waals surface area contributed by atoms with Crippen LogP contribution in [0.3, 0.4) is 0 Å². The third kappa shape index (κ3) is 23.2. The van der Waals surface area contributed by atoms with E-state index >= 15 is 0 Å². The van der Waals surface area contributed by atoms with Crippen molar-refractivity contribution in [1.82, 2.24) is 0 Å². The molecule has 2 heteroatoms. The standard InChI is InChI=1S/2C5H8O/c1-5(2)3-4-6;1-4-5(2,3)6/h5-6H,1-2H3;1,6H,2-3H3. The highest BCUT2D eigenvalue weighted by atomic mass is 16.3. The minimum absolute atomic E-state index is 0.287. The fourth-order valence-corrected chi connectivity index (χ4v) is 0.129. The summed E-state index contributed by atoms with van der Waals surface area (Å²) in [5.74, 6) is 4.96. The van der Waals surface area contributed by atoms with Gasteiger partial charge in [-0.15, -0.1) is 6.42 Å². The molecule has 0 aromatic rings. The van der Waals surface area contributed by atoms with Gasteiger partial charge in [0.05, 0.1) is 0 Å². The smallest absolute Gasteiger partial charge is 0.119 e. The second-order valence-corrected chi connectivity index (χ2v) is 3.11. The van der Waals surface area contributed by atoms with E-state index in [9.17, 15) is 0 Å². The maximum atomic E-state index is 8.59. The Hall–Kier alpha value is -1.12. The summed E-state index contributed by atoms with van der Waals surface area (Å²) in [6.07, 6.45) is 6.62. The Morgan fingerprint density at radius 2 is 1.67 bits per heavy atom. The average Bonchev–Trinajstić information content (AvgIpc) is 1.87. The quantitative estimate of drug-likeness (QED) is 0.536. The van der Waals surface area contributed by atoms with Crippen LogP contribution >= 0.6 is 0 Å². The third-order valence-electron chi connectivity index (χ3n) is 0.706. The van der Waals surface area contributed by atoms with Crippen LogP contribution in [0.25, 0.3) is 0 Å². The molecular weight excluding hydrogens is 152 g/mol. The Balaban J connectivity index is 0. The Kier molecular flexibility index (Phi) is 7.39. The van der Waals surface area contributed by atoms with Gasteiger partial charge in [0, 0.05) is 5.92 Å². The SMILES string of the molecule is C#CC(C)(C)O.CC(C)C#CO. The summed E-state index contributed by atoms with van der Waals surface area (Å²) in [5, 5.41) is 16.5. The molecule has 0 saturated carbocycles. The summed E-state index contributed by atoms with van der Waals surface area (Å²) in [5.41, 5.74) is -0.931. The van der Waals surface area contributed by atoms with Crippen LogP contribution in [0.1, 0.15) is 27.7 Å². The number of rotatable bonds is 0. The van der Waals surface area contributed by atoms with Crippen LogP contribution in [0.15, 0.2) is 0 Å². The first kappa shape index (κ1) is 13.5. The van der Waals surface area contributed by atoms with Crippen LogP contribution in [0.5, 0.6) is 0 Å². The van der Waals surface area contributed by atoms with Gasteiger partial charge in [0.25, 0.3) is 0 Å². The average molecular weight is 168 g/mol. The molecule has 0 fully saturated rings. The second kappa shape index (κ2) is 6.58. The van der Waals surface area contributed by atoms with Crippen LogP contribution in [-0.4, -0.2) is 15.8 Å². The molecule has 0 saturated heterocycles. The van der Waals surface area contributed by atoms with Crippen LogP contribution in [-0.2, 0) is 0 Å². The third-order valence-corrected chi connectivity index (χ3v) is 0.706. The summed E-state index contributed by atoms with van der Waals surface area (Å²) < 4.78 is 0. The minimum Gasteiger partial charge on any atom is -0.462 e. The van der Waals surface area contributed by atoms with Crippen molar-refractivity contribution in [2.45, 2.75) is 33.3 Å². The molecule has 2 N–H and O–H groups in total. The van der Waals surface area contributed by atoms with Crippen molar-refractivity contribution in [2.75, 3.05) is 0 Å². The molecule has 0 aromatic carbocycles. The van der Waals surface area contributed by atoms with E-state index in [1.54, 1.807) is 13.8 Å². The molecule has 0 aliphatic rings. The lowest BCUT2D eigenvalue weighted by Gasteiger charge is -2.04. The molecule has 0 rings (SSSR count). The molecule has 0 aromatic heterocycles. The van der Waals surface area contributed by atoms with E-state index in [0.29, 0.717) is 0 Å². The van der Waals surface area contributed by atoms with E-state index in [4.69, 9.17) is 16.6 Å². The summed E-state index contributed by atoms with van der Waals surface area (Å²) in [4.78, 5) is 0. The summed E-state index contributed by atoms with van der Waals surface area (Å²) in [7, 11) is 0.